The van der Waals surface area contributed by atoms with Gasteiger partial charge >= 0.3 is 0 Å². The van der Waals surface area contributed by atoms with Gasteiger partial charge in [-0.25, -0.2) is 0 Å². The van der Waals surface area contributed by atoms with Crippen molar-refractivity contribution in [3.63, 3.8) is 0 Å². The molecule has 1 heterocycles. The molecule has 1 saturated heterocycles. The fraction of sp³-hybridized carbons (Fsp3) is 0.600. The van der Waals surface area contributed by atoms with Crippen molar-refractivity contribution in [2.75, 3.05) is 19.6 Å². The Balaban J connectivity index is 2.08. The lowest BCUT2D eigenvalue weighted by Gasteiger charge is -2.31. The van der Waals surface area contributed by atoms with Crippen LogP contribution in [0.5, 0.6) is 0 Å². The number of halogens is 2. The van der Waals surface area contributed by atoms with Crippen molar-refractivity contribution in [2.45, 2.75) is 38.8 Å². The molecule has 2 unspecified atom stereocenters. The highest BCUT2D eigenvalue weighted by Crippen LogP contribution is 2.30. The molecular weight excluding hydrogens is 324 g/mol. The van der Waals surface area contributed by atoms with Gasteiger partial charge in [-0.2, -0.15) is 0 Å². The second-order valence-corrected chi connectivity index (χ2v) is 6.55. The molecule has 1 aliphatic heterocycles. The van der Waals surface area contributed by atoms with Gasteiger partial charge in [-0.05, 0) is 50.6 Å². The van der Waals surface area contributed by atoms with Crippen LogP contribution in [0.25, 0.3) is 0 Å². The summed E-state index contributed by atoms with van der Waals surface area (Å²) >= 11 is 9.83. The predicted molar refractivity (Wildman–Crippen MR) is 85.8 cm³/mol. The third-order valence-electron chi connectivity index (χ3n) is 3.98. The Kier molecular flexibility index (Phi) is 5.70. The number of rotatable bonds is 5. The normalized spacial score (nSPS) is 21.0. The molecule has 2 nitrogen and oxygen atoms in total. The topological polar surface area (TPSA) is 15.3 Å². The van der Waals surface area contributed by atoms with Gasteiger partial charge in [-0.3, -0.25) is 4.90 Å². The van der Waals surface area contributed by atoms with Gasteiger partial charge in [0, 0.05) is 28.1 Å². The van der Waals surface area contributed by atoms with Crippen molar-refractivity contribution in [1.82, 2.24) is 10.2 Å². The highest BCUT2D eigenvalue weighted by atomic mass is 79.9. The average molecular weight is 346 g/mol. The minimum absolute atomic E-state index is 0.355. The van der Waals surface area contributed by atoms with Crippen LogP contribution in [0, 0.1) is 0 Å². The molecule has 19 heavy (non-hydrogen) atoms. The molecule has 0 amide bonds. The van der Waals surface area contributed by atoms with Crippen molar-refractivity contribution in [3.8, 4) is 0 Å². The number of hydrogen-bond donors (Lipinski definition) is 1. The maximum Gasteiger partial charge on any atom is 0.0464 e. The molecule has 1 aromatic carbocycles. The summed E-state index contributed by atoms with van der Waals surface area (Å²) in [5.41, 5.74) is 1.21. The summed E-state index contributed by atoms with van der Waals surface area (Å²) in [6.45, 7) is 7.78. The van der Waals surface area contributed by atoms with Crippen LogP contribution in [0.3, 0.4) is 0 Å². The Bertz CT molecular complexity index is 419. The quantitative estimate of drug-likeness (QED) is 0.859. The summed E-state index contributed by atoms with van der Waals surface area (Å²) in [6.07, 6.45) is 2.59. The van der Waals surface area contributed by atoms with Gasteiger partial charge in [0.2, 0.25) is 0 Å². The first kappa shape index (κ1) is 15.3. The van der Waals surface area contributed by atoms with Crippen molar-refractivity contribution < 1.29 is 0 Å². The van der Waals surface area contributed by atoms with E-state index in [-0.39, 0.29) is 0 Å². The lowest BCUT2D eigenvalue weighted by Crippen LogP contribution is -2.38. The van der Waals surface area contributed by atoms with E-state index in [4.69, 9.17) is 11.6 Å². The molecule has 2 rings (SSSR count). The van der Waals surface area contributed by atoms with E-state index < -0.39 is 0 Å². The van der Waals surface area contributed by atoms with Crippen LogP contribution >= 0.6 is 27.5 Å². The molecule has 0 saturated carbocycles. The zero-order chi connectivity index (χ0) is 13.8. The van der Waals surface area contributed by atoms with Crippen LogP contribution in [-0.4, -0.2) is 30.6 Å². The van der Waals surface area contributed by atoms with Crippen molar-refractivity contribution in [2.24, 2.45) is 0 Å². The Morgan fingerprint density at radius 2 is 2.32 bits per heavy atom. The van der Waals surface area contributed by atoms with Gasteiger partial charge in [-0.1, -0.05) is 40.5 Å². The summed E-state index contributed by atoms with van der Waals surface area (Å²) in [7, 11) is 0. The first-order valence-corrected chi connectivity index (χ1v) is 8.21. The number of likely N-dealkylation sites (N-methyl/N-ethyl adjacent to an activating group) is 1. The minimum atomic E-state index is 0.355. The SMILES string of the molecule is CCN(CC1CCCN1)C(C)c1ccc(Br)cc1Cl. The van der Waals surface area contributed by atoms with Crippen molar-refractivity contribution in [1.29, 1.82) is 0 Å². The van der Waals surface area contributed by atoms with E-state index in [1.807, 2.05) is 6.07 Å². The zero-order valence-electron chi connectivity index (χ0n) is 11.6. The number of nitrogens with zero attached hydrogens (tertiary/aromatic N) is 1. The van der Waals surface area contributed by atoms with E-state index in [0.717, 1.165) is 29.1 Å². The summed E-state index contributed by atoms with van der Waals surface area (Å²) in [4.78, 5) is 2.50. The van der Waals surface area contributed by atoms with Gasteiger partial charge in [-0.15, -0.1) is 0 Å². The molecule has 4 heteroatoms. The summed E-state index contributed by atoms with van der Waals surface area (Å²) in [5, 5.41) is 4.42. The lowest BCUT2D eigenvalue weighted by atomic mass is 10.1. The molecule has 0 aromatic heterocycles. The van der Waals surface area contributed by atoms with Crippen LogP contribution in [0.15, 0.2) is 22.7 Å². The number of benzene rings is 1. The molecule has 2 atom stereocenters. The highest BCUT2D eigenvalue weighted by Gasteiger charge is 2.22. The summed E-state index contributed by atoms with van der Waals surface area (Å²) in [6, 6.07) is 7.17. The predicted octanol–water partition coefficient (Wildman–Crippen LogP) is 4.24. The first-order valence-electron chi connectivity index (χ1n) is 7.04. The number of hydrogen-bond acceptors (Lipinski definition) is 2. The lowest BCUT2D eigenvalue weighted by molar-refractivity contribution is 0.202. The Labute approximate surface area is 129 Å². The average Bonchev–Trinajstić information content (AvgIpc) is 2.88. The second kappa shape index (κ2) is 7.07. The van der Waals surface area contributed by atoms with E-state index in [0.29, 0.717) is 12.1 Å². The summed E-state index contributed by atoms with van der Waals surface area (Å²) < 4.78 is 1.04. The molecule has 1 aliphatic rings. The van der Waals surface area contributed by atoms with Gasteiger partial charge in [0.05, 0.1) is 0 Å². The maximum absolute atomic E-state index is 6.37. The van der Waals surface area contributed by atoms with E-state index in [1.54, 1.807) is 0 Å². The van der Waals surface area contributed by atoms with E-state index in [2.05, 4.69) is 52.1 Å². The Morgan fingerprint density at radius 3 is 2.89 bits per heavy atom. The van der Waals surface area contributed by atoms with Gasteiger partial charge < -0.3 is 5.32 Å². The van der Waals surface area contributed by atoms with Crippen molar-refractivity contribution in [3.05, 3.63) is 33.3 Å². The third-order valence-corrected chi connectivity index (χ3v) is 4.80. The molecule has 0 radical (unpaired) electrons. The third kappa shape index (κ3) is 3.94. The Morgan fingerprint density at radius 1 is 1.53 bits per heavy atom. The van der Waals surface area contributed by atoms with Crippen LogP contribution in [0.2, 0.25) is 5.02 Å². The molecule has 1 fully saturated rings. The Hall–Kier alpha value is -0.0900. The number of nitrogens with one attached hydrogen (secondary N) is 1. The molecule has 1 N–H and O–H groups in total. The van der Waals surface area contributed by atoms with Crippen LogP contribution in [0.1, 0.15) is 38.3 Å². The monoisotopic (exact) mass is 344 g/mol. The molecule has 0 aliphatic carbocycles. The molecule has 106 valence electrons. The maximum atomic E-state index is 6.37. The smallest absolute Gasteiger partial charge is 0.0464 e. The van der Waals surface area contributed by atoms with Crippen LogP contribution in [-0.2, 0) is 0 Å². The fourth-order valence-electron chi connectivity index (χ4n) is 2.79. The first-order chi connectivity index (χ1) is 9.11. The van der Waals surface area contributed by atoms with Gasteiger partial charge in [0.25, 0.3) is 0 Å². The highest BCUT2D eigenvalue weighted by molar-refractivity contribution is 9.10. The minimum Gasteiger partial charge on any atom is -0.313 e. The van der Waals surface area contributed by atoms with Gasteiger partial charge in [0.15, 0.2) is 0 Å². The molecule has 0 spiro atoms. The largest absolute Gasteiger partial charge is 0.313 e. The van der Waals surface area contributed by atoms with E-state index in [9.17, 15) is 0 Å². The second-order valence-electron chi connectivity index (χ2n) is 5.22. The van der Waals surface area contributed by atoms with E-state index >= 15 is 0 Å². The fourth-order valence-corrected chi connectivity index (χ4v) is 3.63. The van der Waals surface area contributed by atoms with Crippen LogP contribution < -0.4 is 5.32 Å². The van der Waals surface area contributed by atoms with E-state index in [1.165, 1.54) is 18.4 Å². The van der Waals surface area contributed by atoms with Gasteiger partial charge in [0.1, 0.15) is 0 Å². The standard InChI is InChI=1S/C15H22BrClN2/c1-3-19(10-13-5-4-8-18-13)11(2)14-7-6-12(16)9-15(14)17/h6-7,9,11,13,18H,3-5,8,10H2,1-2H3. The molecule has 0 bridgehead atoms. The van der Waals surface area contributed by atoms with Crippen molar-refractivity contribution >= 4 is 27.5 Å². The summed E-state index contributed by atoms with van der Waals surface area (Å²) in [5.74, 6) is 0. The molecular formula is C15H22BrClN2. The zero-order valence-corrected chi connectivity index (χ0v) is 14.0. The van der Waals surface area contributed by atoms with Crippen LogP contribution in [0.4, 0.5) is 0 Å². The molecule has 1 aromatic rings.